The van der Waals surface area contributed by atoms with Gasteiger partial charge in [0.1, 0.15) is 11.3 Å². The van der Waals surface area contributed by atoms with Crippen molar-refractivity contribution in [2.24, 2.45) is 7.05 Å². The fourth-order valence-electron chi connectivity index (χ4n) is 3.04. The molecule has 9 heteroatoms. The summed E-state index contributed by atoms with van der Waals surface area (Å²) in [7, 11) is 1.70. The summed E-state index contributed by atoms with van der Waals surface area (Å²) in [5.41, 5.74) is 1.76. The van der Waals surface area contributed by atoms with Gasteiger partial charge in [0.25, 0.3) is 5.91 Å². The number of fused-ring (bicyclic) bond motifs is 1. The lowest BCUT2D eigenvalue weighted by molar-refractivity contribution is 0.0222. The first-order valence-corrected chi connectivity index (χ1v) is 9.60. The molecular formula is C19H22Cl2N4O3. The first-order chi connectivity index (χ1) is 13.0. The van der Waals surface area contributed by atoms with Crippen LogP contribution in [0.1, 0.15) is 42.5 Å². The second-order valence-corrected chi connectivity index (χ2v) is 8.47. The van der Waals surface area contributed by atoms with E-state index < -0.39 is 11.7 Å². The van der Waals surface area contributed by atoms with Crippen LogP contribution in [-0.4, -0.2) is 38.8 Å². The topological polar surface area (TPSA) is 76.5 Å². The van der Waals surface area contributed by atoms with Crippen molar-refractivity contribution in [3.63, 3.8) is 0 Å². The molecule has 1 aromatic carbocycles. The van der Waals surface area contributed by atoms with Gasteiger partial charge in [-0.15, -0.1) is 0 Å². The van der Waals surface area contributed by atoms with Crippen molar-refractivity contribution in [1.29, 1.82) is 0 Å². The number of nitrogens with one attached hydrogen (secondary N) is 1. The van der Waals surface area contributed by atoms with Crippen LogP contribution < -0.4 is 5.32 Å². The molecule has 0 spiro atoms. The molecule has 0 radical (unpaired) electrons. The number of hydrogen-bond acceptors (Lipinski definition) is 4. The number of rotatable bonds is 2. The minimum Gasteiger partial charge on any atom is -0.444 e. The Kier molecular flexibility index (Phi) is 5.59. The van der Waals surface area contributed by atoms with Gasteiger partial charge in [-0.1, -0.05) is 23.2 Å². The Morgan fingerprint density at radius 3 is 2.61 bits per heavy atom. The predicted octanol–water partition coefficient (Wildman–Crippen LogP) is 4.27. The highest BCUT2D eigenvalue weighted by Crippen LogP contribution is 2.28. The summed E-state index contributed by atoms with van der Waals surface area (Å²) in [5, 5.41) is 8.05. The fourth-order valence-corrected chi connectivity index (χ4v) is 3.50. The van der Waals surface area contributed by atoms with Crippen LogP contribution in [0, 0.1) is 0 Å². The highest BCUT2D eigenvalue weighted by Gasteiger charge is 2.31. The quantitative estimate of drug-likeness (QED) is 0.780. The van der Waals surface area contributed by atoms with Gasteiger partial charge >= 0.3 is 6.09 Å². The molecule has 0 aliphatic carbocycles. The molecule has 28 heavy (non-hydrogen) atoms. The fraction of sp³-hybridized carbons (Fsp3) is 0.421. The molecule has 7 nitrogen and oxygen atoms in total. The van der Waals surface area contributed by atoms with Crippen LogP contribution in [0.15, 0.2) is 18.2 Å². The van der Waals surface area contributed by atoms with Gasteiger partial charge in [-0.3, -0.25) is 9.48 Å². The molecule has 2 amide bonds. The number of hydrogen-bond donors (Lipinski definition) is 1. The van der Waals surface area contributed by atoms with E-state index in [0.717, 1.165) is 5.69 Å². The largest absolute Gasteiger partial charge is 0.444 e. The van der Waals surface area contributed by atoms with Crippen molar-refractivity contribution in [3.8, 4) is 0 Å². The van der Waals surface area contributed by atoms with Crippen molar-refractivity contribution in [3.05, 3.63) is 45.2 Å². The molecule has 3 rings (SSSR count). The zero-order valence-electron chi connectivity index (χ0n) is 16.2. The molecule has 0 atom stereocenters. The minimum absolute atomic E-state index is 0.259. The zero-order valence-corrected chi connectivity index (χ0v) is 17.7. The standard InChI is InChI=1S/C19H22Cl2N4O3/c1-19(2,3)28-18(27)25-8-7-14-12(10-25)16(24(4)23-14)17(26)22-15-6-5-11(20)9-13(15)21/h5-6,9H,7-8,10H2,1-4H3,(H,22,26). The Balaban J connectivity index is 1.83. The Bertz CT molecular complexity index is 934. The average Bonchev–Trinajstić information content (AvgIpc) is 2.90. The molecule has 1 aliphatic heterocycles. The number of ether oxygens (including phenoxy) is 1. The number of carbonyl (C=O) groups is 2. The van der Waals surface area contributed by atoms with Gasteiger partial charge < -0.3 is 15.0 Å². The van der Waals surface area contributed by atoms with Gasteiger partial charge in [0.05, 0.1) is 22.9 Å². The molecule has 0 saturated carbocycles. The second-order valence-electron chi connectivity index (χ2n) is 7.63. The van der Waals surface area contributed by atoms with Gasteiger partial charge in [-0.2, -0.15) is 5.10 Å². The zero-order chi connectivity index (χ0) is 20.6. The van der Waals surface area contributed by atoms with Crippen LogP contribution in [0.3, 0.4) is 0 Å². The normalized spacial score (nSPS) is 13.9. The molecule has 1 aliphatic rings. The monoisotopic (exact) mass is 424 g/mol. The van der Waals surface area contributed by atoms with E-state index in [9.17, 15) is 9.59 Å². The minimum atomic E-state index is -0.585. The number of aromatic nitrogens is 2. The van der Waals surface area contributed by atoms with E-state index in [1.165, 1.54) is 4.68 Å². The van der Waals surface area contributed by atoms with Crippen LogP contribution in [0.25, 0.3) is 0 Å². The number of nitrogens with zero attached hydrogens (tertiary/aromatic N) is 3. The molecule has 1 N–H and O–H groups in total. The van der Waals surface area contributed by atoms with Crippen LogP contribution in [0.4, 0.5) is 10.5 Å². The summed E-state index contributed by atoms with van der Waals surface area (Å²) in [6.45, 7) is 6.20. The number of anilines is 1. The summed E-state index contributed by atoms with van der Waals surface area (Å²) >= 11 is 12.1. The SMILES string of the molecule is Cn1nc2c(c1C(=O)Nc1ccc(Cl)cc1Cl)CN(C(=O)OC(C)(C)C)CC2. The van der Waals surface area contributed by atoms with Crippen LogP contribution in [0.5, 0.6) is 0 Å². The Labute approximate surface area is 173 Å². The number of halogens is 2. The van der Waals surface area contributed by atoms with Gasteiger partial charge in [0.2, 0.25) is 0 Å². The molecule has 0 bridgehead atoms. The lowest BCUT2D eigenvalue weighted by Gasteiger charge is -2.29. The van der Waals surface area contributed by atoms with Crippen LogP contribution >= 0.6 is 23.2 Å². The predicted molar refractivity (Wildman–Crippen MR) is 108 cm³/mol. The second kappa shape index (κ2) is 7.64. The third-order valence-corrected chi connectivity index (χ3v) is 4.79. The number of amides is 2. The summed E-state index contributed by atoms with van der Waals surface area (Å²) in [4.78, 5) is 26.9. The summed E-state index contributed by atoms with van der Waals surface area (Å²) < 4.78 is 6.98. The summed E-state index contributed by atoms with van der Waals surface area (Å²) in [5.74, 6) is -0.355. The Morgan fingerprint density at radius 2 is 1.96 bits per heavy atom. The van der Waals surface area contributed by atoms with Gasteiger partial charge in [-0.05, 0) is 39.0 Å². The van der Waals surface area contributed by atoms with E-state index in [2.05, 4.69) is 10.4 Å². The highest BCUT2D eigenvalue weighted by atomic mass is 35.5. The molecule has 2 heterocycles. The van der Waals surface area contributed by atoms with Crippen molar-refractivity contribution < 1.29 is 14.3 Å². The molecule has 0 fully saturated rings. The maximum absolute atomic E-state index is 12.9. The van der Waals surface area contributed by atoms with Gasteiger partial charge in [0.15, 0.2) is 0 Å². The van der Waals surface area contributed by atoms with Crippen molar-refractivity contribution >= 4 is 40.9 Å². The smallest absolute Gasteiger partial charge is 0.410 e. The molecule has 0 unspecified atom stereocenters. The maximum Gasteiger partial charge on any atom is 0.410 e. The van der Waals surface area contributed by atoms with Gasteiger partial charge in [-0.25, -0.2) is 4.79 Å². The molecule has 0 saturated heterocycles. The lowest BCUT2D eigenvalue weighted by Crippen LogP contribution is -2.40. The van der Waals surface area contributed by atoms with Crippen LogP contribution in [0.2, 0.25) is 10.0 Å². The van der Waals surface area contributed by atoms with Crippen molar-refractivity contribution in [2.45, 2.75) is 39.3 Å². The maximum atomic E-state index is 12.9. The Morgan fingerprint density at radius 1 is 1.25 bits per heavy atom. The number of carbonyl (C=O) groups excluding carboxylic acids is 2. The third kappa shape index (κ3) is 4.42. The van der Waals surface area contributed by atoms with E-state index in [4.69, 9.17) is 27.9 Å². The highest BCUT2D eigenvalue weighted by molar-refractivity contribution is 6.36. The van der Waals surface area contributed by atoms with Crippen LogP contribution in [-0.2, 0) is 24.8 Å². The Hall–Kier alpha value is -2.25. The van der Waals surface area contributed by atoms with E-state index in [0.29, 0.717) is 40.0 Å². The van der Waals surface area contributed by atoms with E-state index in [1.807, 2.05) is 20.8 Å². The first-order valence-electron chi connectivity index (χ1n) is 8.84. The van der Waals surface area contributed by atoms with Crippen molar-refractivity contribution in [1.82, 2.24) is 14.7 Å². The van der Waals surface area contributed by atoms with Crippen molar-refractivity contribution in [2.75, 3.05) is 11.9 Å². The molecular weight excluding hydrogens is 403 g/mol. The lowest BCUT2D eigenvalue weighted by atomic mass is 10.1. The molecule has 150 valence electrons. The molecule has 2 aromatic rings. The average molecular weight is 425 g/mol. The van der Waals surface area contributed by atoms with Gasteiger partial charge in [0, 0.05) is 30.6 Å². The first kappa shape index (κ1) is 20.5. The number of aryl methyl sites for hydroxylation is 1. The number of benzene rings is 1. The summed E-state index contributed by atoms with van der Waals surface area (Å²) in [6, 6.07) is 4.84. The van der Waals surface area contributed by atoms with E-state index in [-0.39, 0.29) is 12.5 Å². The summed E-state index contributed by atoms with van der Waals surface area (Å²) in [6.07, 6.45) is 0.145. The van der Waals surface area contributed by atoms with E-state index >= 15 is 0 Å². The molecule has 1 aromatic heterocycles. The van der Waals surface area contributed by atoms with E-state index in [1.54, 1.807) is 30.1 Å². The third-order valence-electron chi connectivity index (χ3n) is 4.24.